The summed E-state index contributed by atoms with van der Waals surface area (Å²) >= 11 is 0. The Bertz CT molecular complexity index is 3470. The zero-order valence-corrected chi connectivity index (χ0v) is 52.7. The molecule has 49 heteroatoms. The summed E-state index contributed by atoms with van der Waals surface area (Å²) in [6.07, 6.45) is 16.5. The standard InChI is InChI=1S/3C12H15N3.3C2F6NO4S2.Co/c3*1-12(2,3)10-5-7-13-11(9-10)15-8-4-6-14-15;3*3-1(4,5)14(10,11)9-15(12,13)2(6,7)8;/h3*4-9H,1-3H3;;;;/q;;;3*-1;+3. The first kappa shape index (κ1) is 84.9. The number of rotatable bonds is 9. The average molecular weight is 1500 g/mol. The molecule has 6 heterocycles. The van der Waals surface area contributed by atoms with Crippen LogP contribution >= 0.6 is 0 Å². The number of hydrogen-bond donors (Lipinski definition) is 0. The van der Waals surface area contributed by atoms with Gasteiger partial charge in [0, 0.05) is 55.8 Å². The Hall–Kier alpha value is -6.09. The minimum Gasteiger partial charge on any atom is -0.421 e. The fourth-order valence-corrected chi connectivity index (χ4v) is 10.0. The Kier molecular flexibility index (Phi) is 28.3. The molecule has 516 valence electrons. The van der Waals surface area contributed by atoms with Gasteiger partial charge in [-0.3, -0.25) is 0 Å². The normalized spacial score (nSPS) is 13.4. The second kappa shape index (κ2) is 30.3. The van der Waals surface area contributed by atoms with Crippen molar-refractivity contribution < 1.29 is 146 Å². The minimum absolute atomic E-state index is 0. The third-order valence-corrected chi connectivity index (χ3v) is 17.6. The van der Waals surface area contributed by atoms with Crippen LogP contribution in [0.1, 0.15) is 79.0 Å². The van der Waals surface area contributed by atoms with Crippen molar-refractivity contribution in [3.63, 3.8) is 0 Å². The second-order valence-electron chi connectivity index (χ2n) is 19.6. The van der Waals surface area contributed by atoms with E-state index in [0.717, 1.165) is 29.8 Å². The van der Waals surface area contributed by atoms with Crippen LogP contribution in [-0.4, -0.2) is 128 Å². The SMILES string of the molecule is CC(C)(C)c1ccnc(-n2cccn2)c1.CC(C)(C)c1ccnc(-n2cccn2)c1.CC(C)(C)c1ccnc(-n2cccn2)c1.O=S(=O)([N-]S(=O)(=O)C(F)(F)F)C(F)(F)F.O=S(=O)([N-]S(=O)(=O)C(F)(F)F)C(F)(F)F.O=S(=O)([N-]S(=O)(=O)C(F)(F)F)C(F)(F)F.[Co+3]. The Balaban J connectivity index is 0.00000107. The van der Waals surface area contributed by atoms with Crippen LogP contribution in [0.4, 0.5) is 79.0 Å². The molecular weight excluding hydrogens is 1460 g/mol. The summed E-state index contributed by atoms with van der Waals surface area (Å²) in [5, 5.41) is 12.5. The number of aromatic nitrogens is 9. The number of sulfonamides is 6. The van der Waals surface area contributed by atoms with Crippen LogP contribution in [0.15, 0.2) is 110 Å². The summed E-state index contributed by atoms with van der Waals surface area (Å²) in [6.45, 7) is 19.7. The monoisotopic (exact) mass is 1500 g/mol. The van der Waals surface area contributed by atoms with Crippen molar-refractivity contribution in [1.82, 2.24) is 44.3 Å². The van der Waals surface area contributed by atoms with E-state index in [4.69, 9.17) is 0 Å². The third kappa shape index (κ3) is 26.1. The van der Waals surface area contributed by atoms with Gasteiger partial charge in [0.2, 0.25) is 0 Å². The van der Waals surface area contributed by atoms with Crippen LogP contribution in [0.2, 0.25) is 0 Å². The van der Waals surface area contributed by atoms with Crippen molar-refractivity contribution in [3.8, 4) is 17.5 Å². The fraction of sp³-hybridized carbons (Fsp3) is 0.429. The molecule has 0 saturated carbocycles. The summed E-state index contributed by atoms with van der Waals surface area (Å²) in [5.41, 5.74) is -33.0. The molecule has 0 aliphatic carbocycles. The van der Waals surface area contributed by atoms with Crippen molar-refractivity contribution in [2.75, 3.05) is 0 Å². The van der Waals surface area contributed by atoms with Gasteiger partial charge >= 0.3 is 49.8 Å². The molecule has 0 aliphatic rings. The largest absolute Gasteiger partial charge is 3.00 e. The molecule has 0 spiro atoms. The van der Waals surface area contributed by atoms with E-state index in [-0.39, 0.29) is 33.0 Å². The fourth-order valence-electron chi connectivity index (χ4n) is 4.88. The van der Waals surface area contributed by atoms with E-state index in [9.17, 15) is 130 Å². The number of hydrogen-bond acceptors (Lipinski definition) is 18. The molecule has 6 aromatic rings. The maximum Gasteiger partial charge on any atom is 3.00 e. The first-order valence-electron chi connectivity index (χ1n) is 22.8. The molecule has 0 N–H and O–H groups in total. The number of halogens is 18. The maximum absolute atomic E-state index is 11.4. The summed E-state index contributed by atoms with van der Waals surface area (Å²) in [7, 11) is -40.3. The van der Waals surface area contributed by atoms with E-state index in [2.05, 4.69) is 111 Å². The molecule has 0 aromatic carbocycles. The molecule has 0 bridgehead atoms. The summed E-state index contributed by atoms with van der Waals surface area (Å²) in [6, 6.07) is 18.1. The van der Waals surface area contributed by atoms with E-state index in [0.29, 0.717) is 0 Å². The van der Waals surface area contributed by atoms with Crippen molar-refractivity contribution in [1.29, 1.82) is 0 Å². The zero-order chi connectivity index (χ0) is 70.8. The molecule has 0 saturated heterocycles. The number of nitrogens with zero attached hydrogens (tertiary/aromatic N) is 12. The van der Waals surface area contributed by atoms with Crippen LogP contribution in [0.25, 0.3) is 29.8 Å². The quantitative estimate of drug-likeness (QED) is 0.121. The molecule has 0 unspecified atom stereocenters. The van der Waals surface area contributed by atoms with Gasteiger partial charge < -0.3 is 12.4 Å². The van der Waals surface area contributed by atoms with Gasteiger partial charge in [0.25, 0.3) is 0 Å². The second-order valence-corrected chi connectivity index (χ2v) is 29.8. The first-order valence-corrected chi connectivity index (χ1v) is 31.5. The van der Waals surface area contributed by atoms with Crippen molar-refractivity contribution >= 4 is 60.1 Å². The van der Waals surface area contributed by atoms with E-state index >= 15 is 0 Å². The van der Waals surface area contributed by atoms with E-state index in [1.165, 1.54) is 16.7 Å². The van der Waals surface area contributed by atoms with Gasteiger partial charge in [-0.1, -0.05) is 62.3 Å². The van der Waals surface area contributed by atoms with Gasteiger partial charge in [0.15, 0.2) is 77.6 Å². The third-order valence-electron chi connectivity index (χ3n) is 9.40. The summed E-state index contributed by atoms with van der Waals surface area (Å²) in [4.78, 5) is 12.9. The van der Waals surface area contributed by atoms with Crippen molar-refractivity contribution in [3.05, 3.63) is 139 Å². The molecular formula is C42H45CoF18N12O12S6. The van der Waals surface area contributed by atoms with E-state index in [1.807, 2.05) is 73.6 Å². The van der Waals surface area contributed by atoms with E-state index < -0.39 is 93.2 Å². The van der Waals surface area contributed by atoms with Gasteiger partial charge in [0.1, 0.15) is 0 Å². The molecule has 0 atom stereocenters. The Morgan fingerprint density at radius 3 is 0.593 bits per heavy atom. The molecule has 24 nitrogen and oxygen atoms in total. The van der Waals surface area contributed by atoms with Gasteiger partial charge in [-0.05, 0) is 87.5 Å². The van der Waals surface area contributed by atoms with Crippen LogP contribution in [0, 0.1) is 0 Å². The van der Waals surface area contributed by atoms with Crippen LogP contribution in [-0.2, 0) is 93.2 Å². The first-order chi connectivity index (χ1) is 39.8. The molecule has 6 aromatic heterocycles. The molecule has 0 radical (unpaired) electrons. The number of pyridine rings is 3. The smallest absolute Gasteiger partial charge is 0.421 e. The van der Waals surface area contributed by atoms with Gasteiger partial charge in [-0.2, -0.15) is 94.3 Å². The Morgan fingerprint density at radius 2 is 0.473 bits per heavy atom. The molecule has 0 amide bonds. The van der Waals surface area contributed by atoms with Gasteiger partial charge in [-0.25, -0.2) is 79.5 Å². The van der Waals surface area contributed by atoms with E-state index in [1.54, 1.807) is 32.6 Å². The van der Waals surface area contributed by atoms with Gasteiger partial charge in [0.05, 0.1) is 0 Å². The maximum atomic E-state index is 11.4. The summed E-state index contributed by atoms with van der Waals surface area (Å²) in [5.74, 6) is 2.60. The van der Waals surface area contributed by atoms with Crippen LogP contribution in [0.3, 0.4) is 0 Å². The zero-order valence-electron chi connectivity index (χ0n) is 46.7. The minimum atomic E-state index is -6.72. The van der Waals surface area contributed by atoms with Crippen LogP contribution in [0.5, 0.6) is 0 Å². The predicted molar refractivity (Wildman–Crippen MR) is 280 cm³/mol. The van der Waals surface area contributed by atoms with Crippen LogP contribution < -0.4 is 0 Å². The number of alkyl halides is 18. The Labute approximate surface area is 516 Å². The molecule has 0 fully saturated rings. The molecule has 0 aliphatic heterocycles. The Morgan fingerprint density at radius 1 is 0.308 bits per heavy atom. The molecule has 91 heavy (non-hydrogen) atoms. The molecule has 6 rings (SSSR count). The average Bonchev–Trinajstić information content (AvgIpc) is 1.48. The van der Waals surface area contributed by atoms with Crippen molar-refractivity contribution in [2.24, 2.45) is 0 Å². The van der Waals surface area contributed by atoms with Gasteiger partial charge in [-0.15, -0.1) is 0 Å². The predicted octanol–water partition coefficient (Wildman–Crippen LogP) is 10.9. The summed E-state index contributed by atoms with van der Waals surface area (Å²) < 4.78 is 333. The topological polar surface area (TPSA) is 339 Å². The van der Waals surface area contributed by atoms with Crippen molar-refractivity contribution in [2.45, 2.75) is 112 Å².